The molecule has 0 heterocycles. The molecule has 0 radical (unpaired) electrons. The summed E-state index contributed by atoms with van der Waals surface area (Å²) >= 11 is 0. The highest BCUT2D eigenvalue weighted by molar-refractivity contribution is 5.77. The van der Waals surface area contributed by atoms with Gasteiger partial charge >= 0.3 is 17.9 Å². The highest BCUT2D eigenvalue weighted by atomic mass is 16.6. The Morgan fingerprint density at radius 1 is 0.851 bits per heavy atom. The molecule has 0 bridgehead atoms. The molecule has 0 aromatic carbocycles. The number of carboxylic acids is 1. The molecule has 270 valence electrons. The van der Waals surface area contributed by atoms with Crippen molar-refractivity contribution in [2.45, 2.75) is 158 Å². The lowest BCUT2D eigenvalue weighted by Gasteiger charge is -2.72. The van der Waals surface area contributed by atoms with E-state index in [1.54, 1.807) is 7.11 Å². The monoisotopic (exact) mass is 660 g/mol. The summed E-state index contributed by atoms with van der Waals surface area (Å²) in [6.07, 6.45) is 12.6. The van der Waals surface area contributed by atoms with Gasteiger partial charge in [0.05, 0.1) is 18.4 Å². The summed E-state index contributed by atoms with van der Waals surface area (Å²) in [5.74, 6) is 0.828. The van der Waals surface area contributed by atoms with Crippen molar-refractivity contribution in [1.82, 2.24) is 0 Å². The topological polar surface area (TPSA) is 99.1 Å². The van der Waals surface area contributed by atoms with Gasteiger partial charge in [-0.1, -0.05) is 68.2 Å². The lowest BCUT2D eigenvalue weighted by Crippen LogP contribution is -2.67. The largest absolute Gasteiger partial charge is 0.481 e. The van der Waals surface area contributed by atoms with E-state index in [0.29, 0.717) is 43.3 Å². The van der Waals surface area contributed by atoms with Crippen molar-refractivity contribution < 1.29 is 33.7 Å². The maximum Gasteiger partial charge on any atom is 0.312 e. The van der Waals surface area contributed by atoms with E-state index in [-0.39, 0.29) is 52.5 Å². The molecule has 4 unspecified atom stereocenters. The highest BCUT2D eigenvalue weighted by Gasteiger charge is 2.70. The first-order chi connectivity index (χ1) is 21.8. The molecule has 7 heteroatoms. The first-order valence-corrected chi connectivity index (χ1v) is 18.9. The highest BCUT2D eigenvalue weighted by Crippen LogP contribution is 2.76. The third kappa shape index (κ3) is 6.91. The number of methoxy groups -OCH3 is 1. The molecule has 1 N–H and O–H groups in total. The normalized spacial score (nSPS) is 39.6. The van der Waals surface area contributed by atoms with Crippen molar-refractivity contribution in [3.63, 3.8) is 0 Å². The van der Waals surface area contributed by atoms with Crippen LogP contribution in [-0.2, 0) is 28.6 Å². The molecule has 0 spiro atoms. The Hall–Kier alpha value is -1.63. The SMILES string of the molecule is CCCC[C@@H]1[C@H]2CCC3C4(C)CCC(OC(=O)CCC(C)(C)CC(=O)O)C(C)(C)C4CC[C@@]3(C)[C@]2(C)CC[C@]1(C)C(=O)OCCOC. The van der Waals surface area contributed by atoms with Gasteiger partial charge in [0.2, 0.25) is 0 Å². The molecule has 4 rings (SSSR count). The summed E-state index contributed by atoms with van der Waals surface area (Å²) in [5.41, 5.74) is -0.531. The van der Waals surface area contributed by atoms with Crippen LogP contribution in [0, 0.1) is 56.2 Å². The van der Waals surface area contributed by atoms with Gasteiger partial charge in [-0.05, 0) is 116 Å². The number of carboxylic acid groups (broad SMARTS) is 1. The maximum absolute atomic E-state index is 13.7. The zero-order valence-corrected chi connectivity index (χ0v) is 31.6. The van der Waals surface area contributed by atoms with E-state index >= 15 is 0 Å². The van der Waals surface area contributed by atoms with Gasteiger partial charge in [0.1, 0.15) is 12.7 Å². The van der Waals surface area contributed by atoms with Crippen LogP contribution in [0.2, 0.25) is 0 Å². The molecular weight excluding hydrogens is 592 g/mol. The predicted octanol–water partition coefficient (Wildman–Crippen LogP) is 9.25. The number of esters is 2. The molecular formula is C40H68O7. The van der Waals surface area contributed by atoms with Gasteiger partial charge in [-0.25, -0.2) is 0 Å². The quantitative estimate of drug-likeness (QED) is 0.155. The number of carbonyl (C=O) groups is 3. The first-order valence-electron chi connectivity index (χ1n) is 18.9. The Balaban J connectivity index is 1.54. The number of hydrogen-bond acceptors (Lipinski definition) is 6. The zero-order valence-electron chi connectivity index (χ0n) is 31.6. The number of carbonyl (C=O) groups excluding carboxylic acids is 2. The molecule has 0 saturated heterocycles. The van der Waals surface area contributed by atoms with Crippen LogP contribution in [0.25, 0.3) is 0 Å². The predicted molar refractivity (Wildman–Crippen MR) is 185 cm³/mol. The second-order valence-electron chi connectivity index (χ2n) is 18.5. The van der Waals surface area contributed by atoms with Crippen LogP contribution in [0.1, 0.15) is 152 Å². The second-order valence-corrected chi connectivity index (χ2v) is 18.5. The Bertz CT molecular complexity index is 1150. The third-order valence-corrected chi connectivity index (χ3v) is 15.1. The van der Waals surface area contributed by atoms with E-state index in [1.165, 1.54) is 19.3 Å². The molecule has 7 nitrogen and oxygen atoms in total. The van der Waals surface area contributed by atoms with E-state index in [4.69, 9.17) is 14.2 Å². The summed E-state index contributed by atoms with van der Waals surface area (Å²) in [6.45, 7) is 21.5. The van der Waals surface area contributed by atoms with E-state index in [9.17, 15) is 19.5 Å². The van der Waals surface area contributed by atoms with Gasteiger partial charge < -0.3 is 19.3 Å². The van der Waals surface area contributed by atoms with Crippen LogP contribution < -0.4 is 0 Å². The minimum absolute atomic E-state index is 0.0271. The Labute approximate surface area is 286 Å². The van der Waals surface area contributed by atoms with Gasteiger partial charge in [0.15, 0.2) is 0 Å². The Kier molecular flexibility index (Phi) is 11.3. The molecule has 4 aliphatic rings. The molecule has 4 fully saturated rings. The number of hydrogen-bond donors (Lipinski definition) is 1. The molecule has 0 aromatic rings. The Morgan fingerprint density at radius 2 is 1.55 bits per heavy atom. The lowest BCUT2D eigenvalue weighted by atomic mass is 9.32. The van der Waals surface area contributed by atoms with E-state index in [1.807, 2.05) is 13.8 Å². The number of unbranched alkanes of at least 4 members (excludes halogenated alkanes) is 1. The third-order valence-electron chi connectivity index (χ3n) is 15.1. The fraction of sp³-hybridized carbons (Fsp3) is 0.925. The molecule has 4 aliphatic carbocycles. The van der Waals surface area contributed by atoms with Gasteiger partial charge in [0, 0.05) is 18.9 Å². The fourth-order valence-corrected chi connectivity index (χ4v) is 12.2. The van der Waals surface area contributed by atoms with Gasteiger partial charge in [0.25, 0.3) is 0 Å². The molecule has 0 aromatic heterocycles. The summed E-state index contributed by atoms with van der Waals surface area (Å²) in [7, 11) is 1.65. The zero-order chi connectivity index (χ0) is 35.1. The van der Waals surface area contributed by atoms with Crippen molar-refractivity contribution in [2.75, 3.05) is 20.3 Å². The smallest absolute Gasteiger partial charge is 0.312 e. The standard InChI is InChI=1S/C40H68O7/c1-11-12-13-27-28-14-15-30-38(7)20-17-31(47-33(43)18-19-35(2,3)26-32(41)42)36(4,5)29(38)16-21-40(30,9)39(28,8)23-22-37(27,6)34(44)46-25-24-45-10/h27-31H,11-26H2,1-10H3,(H,41,42)/t27-,28-,29?,30?,31?,37+,38?,39-,40-/m1/s1. The number of aliphatic carboxylic acids is 1. The van der Waals surface area contributed by atoms with E-state index in [0.717, 1.165) is 51.4 Å². The molecule has 47 heavy (non-hydrogen) atoms. The summed E-state index contributed by atoms with van der Waals surface area (Å²) in [6, 6.07) is 0. The van der Waals surface area contributed by atoms with Gasteiger partial charge in [-0.2, -0.15) is 0 Å². The summed E-state index contributed by atoms with van der Waals surface area (Å²) in [5, 5.41) is 9.25. The Morgan fingerprint density at radius 3 is 2.19 bits per heavy atom. The second kappa shape index (κ2) is 13.9. The molecule has 9 atom stereocenters. The number of rotatable bonds is 13. The van der Waals surface area contributed by atoms with Crippen molar-refractivity contribution >= 4 is 17.9 Å². The number of ether oxygens (including phenoxy) is 3. The van der Waals surface area contributed by atoms with Gasteiger partial charge in [-0.3, -0.25) is 14.4 Å². The number of fused-ring (bicyclic) bond motifs is 5. The van der Waals surface area contributed by atoms with Crippen molar-refractivity contribution in [2.24, 2.45) is 56.2 Å². The summed E-state index contributed by atoms with van der Waals surface area (Å²) in [4.78, 5) is 38.1. The minimum Gasteiger partial charge on any atom is -0.481 e. The molecule has 0 amide bonds. The van der Waals surface area contributed by atoms with Crippen molar-refractivity contribution in [3.05, 3.63) is 0 Å². The average molecular weight is 661 g/mol. The van der Waals surface area contributed by atoms with Crippen LogP contribution in [0.4, 0.5) is 0 Å². The van der Waals surface area contributed by atoms with E-state index < -0.39 is 16.8 Å². The van der Waals surface area contributed by atoms with Crippen LogP contribution >= 0.6 is 0 Å². The van der Waals surface area contributed by atoms with Crippen LogP contribution in [0.3, 0.4) is 0 Å². The van der Waals surface area contributed by atoms with E-state index in [2.05, 4.69) is 48.5 Å². The van der Waals surface area contributed by atoms with Crippen LogP contribution in [0.15, 0.2) is 0 Å². The van der Waals surface area contributed by atoms with Gasteiger partial charge in [-0.15, -0.1) is 0 Å². The van der Waals surface area contributed by atoms with Crippen molar-refractivity contribution in [1.29, 1.82) is 0 Å². The molecule has 0 aliphatic heterocycles. The average Bonchev–Trinajstić information content (AvgIpc) is 2.97. The fourth-order valence-electron chi connectivity index (χ4n) is 12.2. The maximum atomic E-state index is 13.7. The van der Waals surface area contributed by atoms with Crippen LogP contribution in [-0.4, -0.2) is 49.4 Å². The summed E-state index contributed by atoms with van der Waals surface area (Å²) < 4.78 is 17.3. The minimum atomic E-state index is -0.831. The van der Waals surface area contributed by atoms with Crippen molar-refractivity contribution in [3.8, 4) is 0 Å². The molecule has 4 saturated carbocycles. The first kappa shape index (κ1) is 38.2. The van der Waals surface area contributed by atoms with Crippen LogP contribution in [0.5, 0.6) is 0 Å². The lowest BCUT2D eigenvalue weighted by molar-refractivity contribution is -0.251.